The Morgan fingerprint density at radius 2 is 1.79 bits per heavy atom. The van der Waals surface area contributed by atoms with E-state index < -0.39 is 0 Å². The van der Waals surface area contributed by atoms with Crippen LogP contribution >= 0.6 is 11.3 Å². The molecule has 1 aromatic heterocycles. The van der Waals surface area contributed by atoms with Crippen molar-refractivity contribution >= 4 is 17.4 Å². The van der Waals surface area contributed by atoms with Crippen molar-refractivity contribution in [2.45, 2.75) is 96.2 Å². The molecule has 4 aliphatic carbocycles. The Morgan fingerprint density at radius 1 is 1.03 bits per heavy atom. The summed E-state index contributed by atoms with van der Waals surface area (Å²) in [4.78, 5) is 20.3. The maximum atomic E-state index is 13.3. The Morgan fingerprint density at radius 3 is 2.54 bits per heavy atom. The number of hydrogen-bond acceptors (Lipinski definition) is 4. The van der Waals surface area contributed by atoms with Crippen LogP contribution in [0.5, 0.6) is 0 Å². The van der Waals surface area contributed by atoms with E-state index in [1.165, 1.54) is 50.5 Å². The summed E-state index contributed by atoms with van der Waals surface area (Å²) in [6.45, 7) is 5.25. The molecule has 0 bridgehead atoms. The lowest BCUT2D eigenvalue weighted by Crippen LogP contribution is -2.57. The Bertz CT molecular complexity index is 1120. The number of fused-ring (bicyclic) bond motifs is 5. The van der Waals surface area contributed by atoms with E-state index in [4.69, 9.17) is 0 Å². The van der Waals surface area contributed by atoms with Crippen LogP contribution in [0.4, 0.5) is 4.79 Å². The standard InChI is InChI=1S/C33H48N4OS/c1-32-16-14-24(35-31(38)36-28(30-34-18-19-39-30)20-22-8-6-5-7-9-22)21-23(32)10-11-25-26-12-13-29(37(3)4)33(26,2)17-15-27(25)32/h5-9,18-19,23-29H,10-17,20-21H2,1-4H3,(H2,35,36,38)/t23-,24+,25-,26-,27-,28-,29-,32-,33-/m0/s1. The van der Waals surface area contributed by atoms with Gasteiger partial charge in [0.25, 0.3) is 0 Å². The zero-order chi connectivity index (χ0) is 27.2. The van der Waals surface area contributed by atoms with Gasteiger partial charge < -0.3 is 15.5 Å². The van der Waals surface area contributed by atoms with Crippen molar-refractivity contribution in [2.24, 2.45) is 34.5 Å². The smallest absolute Gasteiger partial charge is 0.315 e. The number of aromatic nitrogens is 1. The molecule has 2 amide bonds. The maximum absolute atomic E-state index is 13.3. The van der Waals surface area contributed by atoms with Gasteiger partial charge in [0.1, 0.15) is 5.01 Å². The van der Waals surface area contributed by atoms with E-state index in [0.29, 0.717) is 10.8 Å². The number of benzene rings is 1. The van der Waals surface area contributed by atoms with Crippen LogP contribution in [0.2, 0.25) is 0 Å². The summed E-state index contributed by atoms with van der Waals surface area (Å²) >= 11 is 1.61. The summed E-state index contributed by atoms with van der Waals surface area (Å²) in [5.41, 5.74) is 2.15. The molecular weight excluding hydrogens is 500 g/mol. The molecule has 4 fully saturated rings. The monoisotopic (exact) mass is 548 g/mol. The molecule has 0 saturated heterocycles. The second-order valence-corrected chi connectivity index (χ2v) is 14.9. The van der Waals surface area contributed by atoms with Crippen molar-refractivity contribution in [1.29, 1.82) is 0 Å². The molecule has 6 heteroatoms. The normalized spacial score (nSPS) is 38.4. The van der Waals surface area contributed by atoms with Gasteiger partial charge in [-0.3, -0.25) is 0 Å². The van der Waals surface area contributed by atoms with E-state index in [-0.39, 0.29) is 18.1 Å². The van der Waals surface area contributed by atoms with Crippen LogP contribution in [0, 0.1) is 34.5 Å². The number of hydrogen-bond donors (Lipinski definition) is 2. The highest BCUT2D eigenvalue weighted by Gasteiger charge is 2.60. The largest absolute Gasteiger partial charge is 0.335 e. The average molecular weight is 549 g/mol. The van der Waals surface area contributed by atoms with Crippen LogP contribution in [0.1, 0.15) is 88.2 Å². The maximum Gasteiger partial charge on any atom is 0.315 e. The number of nitrogens with zero attached hydrogens (tertiary/aromatic N) is 2. The zero-order valence-corrected chi connectivity index (χ0v) is 25.2. The van der Waals surface area contributed by atoms with Crippen LogP contribution in [0.15, 0.2) is 41.9 Å². The van der Waals surface area contributed by atoms with Gasteiger partial charge in [0.05, 0.1) is 6.04 Å². The first kappa shape index (κ1) is 27.3. The Kier molecular flexibility index (Phi) is 7.56. The molecule has 1 aromatic carbocycles. The van der Waals surface area contributed by atoms with E-state index in [9.17, 15) is 4.79 Å². The SMILES string of the molecule is CN(C)[C@H]1CC[C@H]2[C@@H]3CC[C@H]4C[C@H](NC(=O)N[C@@H](Cc5ccccc5)c5nccs5)CC[C@]4(C)[C@H]3CC[C@]12C. The molecule has 39 heavy (non-hydrogen) atoms. The van der Waals surface area contributed by atoms with Gasteiger partial charge >= 0.3 is 6.03 Å². The third-order valence-corrected chi connectivity index (χ3v) is 12.8. The number of urea groups is 1. The van der Waals surface area contributed by atoms with E-state index in [1.54, 1.807) is 11.3 Å². The number of thiazole rings is 1. The Balaban J connectivity index is 1.09. The van der Waals surface area contributed by atoms with Crippen molar-refractivity contribution in [3.05, 3.63) is 52.5 Å². The predicted octanol–water partition coefficient (Wildman–Crippen LogP) is 7.07. The summed E-state index contributed by atoms with van der Waals surface area (Å²) in [5.74, 6) is 3.40. The highest BCUT2D eigenvalue weighted by molar-refractivity contribution is 7.09. The van der Waals surface area contributed by atoms with Crippen LogP contribution < -0.4 is 10.6 Å². The van der Waals surface area contributed by atoms with Crippen LogP contribution in [0.3, 0.4) is 0 Å². The molecule has 4 saturated carbocycles. The molecule has 6 rings (SSSR count). The van der Waals surface area contributed by atoms with Crippen LogP contribution in [-0.2, 0) is 6.42 Å². The summed E-state index contributed by atoms with van der Waals surface area (Å²) in [6.07, 6.45) is 14.4. The van der Waals surface area contributed by atoms with E-state index in [0.717, 1.165) is 54.0 Å². The molecule has 2 N–H and O–H groups in total. The second-order valence-electron chi connectivity index (χ2n) is 14.0. The highest BCUT2D eigenvalue weighted by Crippen LogP contribution is 2.66. The van der Waals surface area contributed by atoms with Crippen molar-refractivity contribution in [2.75, 3.05) is 14.1 Å². The van der Waals surface area contributed by atoms with Gasteiger partial charge in [-0.15, -0.1) is 11.3 Å². The lowest BCUT2D eigenvalue weighted by atomic mass is 9.45. The fraction of sp³-hybridized carbons (Fsp3) is 0.697. The van der Waals surface area contributed by atoms with Crippen LogP contribution in [0.25, 0.3) is 0 Å². The minimum atomic E-state index is -0.106. The lowest BCUT2D eigenvalue weighted by molar-refractivity contribution is -0.115. The van der Waals surface area contributed by atoms with Gasteiger partial charge in [-0.05, 0) is 118 Å². The van der Waals surface area contributed by atoms with E-state index in [1.807, 2.05) is 17.6 Å². The van der Waals surface area contributed by atoms with Gasteiger partial charge in [-0.25, -0.2) is 9.78 Å². The molecule has 1 heterocycles. The summed E-state index contributed by atoms with van der Waals surface area (Å²) in [6, 6.07) is 11.3. The first-order chi connectivity index (χ1) is 18.8. The summed E-state index contributed by atoms with van der Waals surface area (Å²) in [7, 11) is 4.60. The zero-order valence-electron chi connectivity index (χ0n) is 24.4. The lowest BCUT2D eigenvalue weighted by Gasteiger charge is -2.61. The van der Waals surface area contributed by atoms with Crippen molar-refractivity contribution in [3.63, 3.8) is 0 Å². The van der Waals surface area contributed by atoms with Gasteiger partial charge in [-0.2, -0.15) is 0 Å². The fourth-order valence-corrected chi connectivity index (χ4v) is 10.7. The highest BCUT2D eigenvalue weighted by atomic mass is 32.1. The molecule has 0 aliphatic heterocycles. The molecule has 0 spiro atoms. The van der Waals surface area contributed by atoms with E-state index >= 15 is 0 Å². The number of carbonyl (C=O) groups excluding carboxylic acids is 1. The van der Waals surface area contributed by atoms with Crippen molar-refractivity contribution in [3.8, 4) is 0 Å². The summed E-state index contributed by atoms with van der Waals surface area (Å²) in [5, 5.41) is 9.64. The van der Waals surface area contributed by atoms with Crippen LogP contribution in [-0.4, -0.2) is 42.1 Å². The minimum absolute atomic E-state index is 0.0393. The number of nitrogens with one attached hydrogen (secondary N) is 2. The van der Waals surface area contributed by atoms with E-state index in [2.05, 4.69) is 72.7 Å². The first-order valence-electron chi connectivity index (χ1n) is 15.4. The topological polar surface area (TPSA) is 57.3 Å². The van der Waals surface area contributed by atoms with Crippen molar-refractivity contribution in [1.82, 2.24) is 20.5 Å². The summed E-state index contributed by atoms with van der Waals surface area (Å²) < 4.78 is 0. The molecule has 0 radical (unpaired) electrons. The van der Waals surface area contributed by atoms with Gasteiger partial charge in [0.15, 0.2) is 0 Å². The van der Waals surface area contributed by atoms with Gasteiger partial charge in [-0.1, -0.05) is 44.2 Å². The predicted molar refractivity (Wildman–Crippen MR) is 160 cm³/mol. The average Bonchev–Trinajstić information content (AvgIpc) is 3.57. The molecule has 4 aliphatic rings. The molecule has 2 aromatic rings. The minimum Gasteiger partial charge on any atom is -0.335 e. The van der Waals surface area contributed by atoms with Gasteiger partial charge in [0, 0.05) is 23.7 Å². The molecule has 9 atom stereocenters. The third-order valence-electron chi connectivity index (χ3n) is 11.9. The number of amides is 2. The third kappa shape index (κ3) is 5.05. The molecule has 5 nitrogen and oxygen atoms in total. The Hall–Kier alpha value is -1.92. The molecule has 212 valence electrons. The second kappa shape index (κ2) is 10.8. The van der Waals surface area contributed by atoms with Gasteiger partial charge in [0.2, 0.25) is 0 Å². The quantitative estimate of drug-likeness (QED) is 0.406. The molecular formula is C33H48N4OS. The first-order valence-corrected chi connectivity index (χ1v) is 16.3. The number of carbonyl (C=O) groups is 1. The van der Waals surface area contributed by atoms with Crippen molar-refractivity contribution < 1.29 is 4.79 Å². The molecule has 0 unspecified atom stereocenters. The number of rotatable bonds is 6. The fourth-order valence-electron chi connectivity index (χ4n) is 10.1. The Labute approximate surface area is 239 Å².